The number of nitrogens with zero attached hydrogens (tertiary/aromatic N) is 4. The van der Waals surface area contributed by atoms with Gasteiger partial charge in [0.2, 0.25) is 11.8 Å². The minimum absolute atomic E-state index is 0.108. The molecule has 2 aliphatic heterocycles. The number of nitrogens with one attached hydrogen (secondary N) is 4. The highest BCUT2D eigenvalue weighted by Gasteiger charge is 2.39. The largest absolute Gasteiger partial charge is 0.453 e. The zero-order valence-corrected chi connectivity index (χ0v) is 32.7. The summed E-state index contributed by atoms with van der Waals surface area (Å²) in [5.74, 6) is 0.976. The fraction of sp³-hybridized carbons (Fsp3) is 0.429. The second-order valence-electron chi connectivity index (χ2n) is 15.4. The average Bonchev–Trinajstić information content (AvgIpc) is 4.03. The van der Waals surface area contributed by atoms with Crippen molar-refractivity contribution in [2.75, 3.05) is 27.3 Å². The number of imidazole rings is 2. The first-order valence-electron chi connectivity index (χ1n) is 19.4. The van der Waals surface area contributed by atoms with E-state index in [-0.39, 0.29) is 35.7 Å². The van der Waals surface area contributed by atoms with Gasteiger partial charge in [-0.3, -0.25) is 9.59 Å². The van der Waals surface area contributed by atoms with Gasteiger partial charge in [-0.25, -0.2) is 19.6 Å². The molecule has 5 aromatic rings. The van der Waals surface area contributed by atoms with Gasteiger partial charge in [-0.2, -0.15) is 0 Å². The first-order valence-corrected chi connectivity index (χ1v) is 19.4. The van der Waals surface area contributed by atoms with Gasteiger partial charge in [-0.1, -0.05) is 64.1 Å². The lowest BCUT2D eigenvalue weighted by atomic mass is 10.00. The minimum atomic E-state index is -0.692. The molecule has 0 aliphatic carbocycles. The Morgan fingerprint density at radius 3 is 1.36 bits per heavy atom. The number of carbonyl (C=O) groups excluding carboxylic acids is 4. The monoisotopic (exact) mass is 762 g/mol. The topological polar surface area (TPSA) is 175 Å². The predicted octanol–water partition coefficient (Wildman–Crippen LogP) is 6.86. The molecule has 3 aromatic carbocycles. The quantitative estimate of drug-likeness (QED) is 0.119. The van der Waals surface area contributed by atoms with Crippen molar-refractivity contribution in [3.8, 4) is 22.3 Å². The second-order valence-corrected chi connectivity index (χ2v) is 15.4. The first-order chi connectivity index (χ1) is 26.9. The van der Waals surface area contributed by atoms with E-state index in [0.29, 0.717) is 13.1 Å². The molecule has 7 rings (SSSR count). The second kappa shape index (κ2) is 16.0. The van der Waals surface area contributed by atoms with Gasteiger partial charge in [0.25, 0.3) is 0 Å². The lowest BCUT2D eigenvalue weighted by molar-refractivity contribution is -0.136. The average molecular weight is 763 g/mol. The number of methoxy groups -OCH3 is 2. The van der Waals surface area contributed by atoms with Crippen molar-refractivity contribution in [1.29, 1.82) is 0 Å². The lowest BCUT2D eigenvalue weighted by Crippen LogP contribution is -2.51. The van der Waals surface area contributed by atoms with Crippen LogP contribution in [0, 0.1) is 11.8 Å². The summed E-state index contributed by atoms with van der Waals surface area (Å²) in [5, 5.41) is 5.41. The van der Waals surface area contributed by atoms with Crippen molar-refractivity contribution in [3.05, 3.63) is 72.3 Å². The van der Waals surface area contributed by atoms with Gasteiger partial charge in [0.15, 0.2) is 0 Å². The SMILES string of the molecule is COC(=O)N[C@H](C(=O)N1CCCC1c1nc2ccc(-c3ccc(-c4ccc5nc([C@@H]6CCCN6C(=O)[C@@H](NC(=O)OC)C(C)C)[nH]c5c4)cc3)cc2[nH]1)C(C)C. The molecule has 0 saturated carbocycles. The van der Waals surface area contributed by atoms with Crippen LogP contribution < -0.4 is 10.6 Å². The summed E-state index contributed by atoms with van der Waals surface area (Å²) in [4.78, 5) is 71.6. The Kier molecular flexibility index (Phi) is 11.0. The Morgan fingerprint density at radius 2 is 1.00 bits per heavy atom. The van der Waals surface area contributed by atoms with Gasteiger partial charge in [-0.15, -0.1) is 0 Å². The molecule has 1 unspecified atom stereocenters. The number of carbonyl (C=O) groups is 4. The standard InChI is InChI=1S/C42H50N8O6/c1-23(2)35(47-41(53)55-5)39(51)49-19-7-9-33(49)37-43-29-17-15-27(21-31(29)45-37)25-11-13-26(14-12-25)28-16-18-30-32(22-28)46-38(44-30)34-10-8-20-50(34)40(52)36(24(3)4)48-42(54)56-6/h11-18,21-24,33-36H,7-10,19-20H2,1-6H3,(H,43,45)(H,44,46)(H,47,53)(H,48,54)/t33-,34?,35-,36-/m0/s1. The normalized spacial score (nSPS) is 18.1. The lowest BCUT2D eigenvalue weighted by Gasteiger charge is -2.29. The zero-order valence-electron chi connectivity index (χ0n) is 32.7. The van der Waals surface area contributed by atoms with Gasteiger partial charge in [0.1, 0.15) is 23.7 Å². The molecule has 2 aliphatic rings. The van der Waals surface area contributed by atoms with Crippen molar-refractivity contribution < 1.29 is 28.7 Å². The first kappa shape index (κ1) is 38.4. The van der Waals surface area contributed by atoms with Crippen LogP contribution in [0.25, 0.3) is 44.3 Å². The minimum Gasteiger partial charge on any atom is -0.453 e. The molecule has 56 heavy (non-hydrogen) atoms. The Labute approximate surface area is 325 Å². The number of ether oxygens (including phenoxy) is 2. The van der Waals surface area contributed by atoms with Crippen molar-refractivity contribution >= 4 is 46.1 Å². The summed E-state index contributed by atoms with van der Waals surface area (Å²) in [5.41, 5.74) is 7.59. The summed E-state index contributed by atoms with van der Waals surface area (Å²) in [6.45, 7) is 8.80. The molecule has 4 amide bonds. The maximum atomic E-state index is 13.6. The summed E-state index contributed by atoms with van der Waals surface area (Å²) in [7, 11) is 2.58. The van der Waals surface area contributed by atoms with Gasteiger partial charge in [-0.05, 0) is 84.0 Å². The fourth-order valence-corrected chi connectivity index (χ4v) is 7.97. The number of likely N-dealkylation sites (tertiary alicyclic amines) is 2. The van der Waals surface area contributed by atoms with E-state index >= 15 is 0 Å². The number of fused-ring (bicyclic) bond motifs is 2. The number of benzene rings is 3. The maximum absolute atomic E-state index is 13.6. The van der Waals surface area contributed by atoms with Crippen LogP contribution in [-0.2, 0) is 19.1 Å². The van der Waals surface area contributed by atoms with E-state index in [4.69, 9.17) is 19.4 Å². The molecule has 0 radical (unpaired) electrons. The number of hydrogen-bond donors (Lipinski definition) is 4. The number of hydrogen-bond acceptors (Lipinski definition) is 8. The Balaban J connectivity index is 1.06. The van der Waals surface area contributed by atoms with Crippen LogP contribution in [0.2, 0.25) is 0 Å². The van der Waals surface area contributed by atoms with E-state index in [1.54, 1.807) is 0 Å². The van der Waals surface area contributed by atoms with Crippen LogP contribution in [0.15, 0.2) is 60.7 Å². The molecular formula is C42H50N8O6. The fourth-order valence-electron chi connectivity index (χ4n) is 7.97. The summed E-state index contributed by atoms with van der Waals surface area (Å²) >= 11 is 0. The van der Waals surface area contributed by atoms with E-state index in [1.165, 1.54) is 14.2 Å². The van der Waals surface area contributed by atoms with Crippen molar-refractivity contribution in [1.82, 2.24) is 40.4 Å². The van der Waals surface area contributed by atoms with E-state index in [1.807, 2.05) is 49.6 Å². The van der Waals surface area contributed by atoms with Crippen LogP contribution in [0.4, 0.5) is 9.59 Å². The number of aromatic nitrogens is 4. The number of amides is 4. The van der Waals surface area contributed by atoms with E-state index in [9.17, 15) is 19.2 Å². The zero-order chi connectivity index (χ0) is 39.7. The van der Waals surface area contributed by atoms with Crippen molar-refractivity contribution in [3.63, 3.8) is 0 Å². The smallest absolute Gasteiger partial charge is 0.407 e. The van der Waals surface area contributed by atoms with Crippen LogP contribution in [0.1, 0.15) is 77.1 Å². The Morgan fingerprint density at radius 1 is 0.625 bits per heavy atom. The third-order valence-corrected chi connectivity index (χ3v) is 11.0. The summed E-state index contributed by atoms with van der Waals surface area (Å²) in [6.07, 6.45) is 2.00. The molecule has 14 nitrogen and oxygen atoms in total. The number of H-pyrrole nitrogens is 2. The van der Waals surface area contributed by atoms with Crippen molar-refractivity contribution in [2.45, 2.75) is 77.5 Å². The van der Waals surface area contributed by atoms with Gasteiger partial charge in [0.05, 0.1) is 48.4 Å². The molecular weight excluding hydrogens is 713 g/mol. The van der Waals surface area contributed by atoms with Crippen LogP contribution >= 0.6 is 0 Å². The van der Waals surface area contributed by atoms with E-state index in [0.717, 1.165) is 81.7 Å². The molecule has 4 heterocycles. The predicted molar refractivity (Wildman–Crippen MR) is 212 cm³/mol. The molecule has 14 heteroatoms. The highest BCUT2D eigenvalue weighted by Crippen LogP contribution is 2.36. The summed E-state index contributed by atoms with van der Waals surface area (Å²) in [6, 6.07) is 18.9. The highest BCUT2D eigenvalue weighted by molar-refractivity contribution is 5.88. The summed E-state index contributed by atoms with van der Waals surface area (Å²) < 4.78 is 9.54. The molecule has 2 saturated heterocycles. The number of alkyl carbamates (subject to hydrolysis) is 2. The van der Waals surface area contributed by atoms with Gasteiger partial charge >= 0.3 is 12.2 Å². The van der Waals surface area contributed by atoms with E-state index in [2.05, 4.69) is 69.1 Å². The molecule has 4 atom stereocenters. The van der Waals surface area contributed by atoms with Gasteiger partial charge < -0.3 is 39.9 Å². The molecule has 2 fully saturated rings. The third-order valence-electron chi connectivity index (χ3n) is 11.0. The van der Waals surface area contributed by atoms with Gasteiger partial charge in [0, 0.05) is 13.1 Å². The molecule has 4 N–H and O–H groups in total. The van der Waals surface area contributed by atoms with Crippen LogP contribution in [0.5, 0.6) is 0 Å². The van der Waals surface area contributed by atoms with Crippen LogP contribution in [0.3, 0.4) is 0 Å². The molecule has 2 aromatic heterocycles. The van der Waals surface area contributed by atoms with E-state index < -0.39 is 24.3 Å². The Bertz CT molecular complexity index is 2090. The number of aromatic amines is 2. The van der Waals surface area contributed by atoms with Crippen molar-refractivity contribution in [2.24, 2.45) is 11.8 Å². The molecule has 0 bridgehead atoms. The molecule has 294 valence electrons. The molecule has 0 spiro atoms. The van der Waals surface area contributed by atoms with Crippen LogP contribution in [-0.4, -0.2) is 93.1 Å². The third kappa shape index (κ3) is 7.64. The number of rotatable bonds is 10. The Hall–Kier alpha value is -5.92. The maximum Gasteiger partial charge on any atom is 0.407 e. The highest BCUT2D eigenvalue weighted by atomic mass is 16.5.